The highest BCUT2D eigenvalue weighted by molar-refractivity contribution is 14.1. The lowest BCUT2D eigenvalue weighted by atomic mass is 10.5. The third-order valence-electron chi connectivity index (χ3n) is 0.604. The molecule has 0 aliphatic carbocycles. The number of rotatable bonds is 4. The van der Waals surface area contributed by atoms with E-state index in [1.807, 2.05) is 29.5 Å². The van der Waals surface area contributed by atoms with Crippen LogP contribution in [0.1, 0.15) is 13.3 Å². The Kier molecular flexibility index (Phi) is 6.25. The van der Waals surface area contributed by atoms with E-state index in [1.165, 1.54) is 0 Å². The first-order chi connectivity index (χ1) is 3.77. The molecular formula is C5H11IO2. The lowest BCUT2D eigenvalue weighted by Crippen LogP contribution is -2.06. The lowest BCUT2D eigenvalue weighted by molar-refractivity contribution is 0.0847. The van der Waals surface area contributed by atoms with Crippen molar-refractivity contribution in [1.29, 1.82) is 0 Å². The molecule has 1 atom stereocenters. The molecule has 0 spiro atoms. The van der Waals surface area contributed by atoms with Gasteiger partial charge < -0.3 is 9.84 Å². The SMILES string of the molecule is CCCOCC(O)I. The van der Waals surface area contributed by atoms with Gasteiger partial charge in [0.25, 0.3) is 0 Å². The first-order valence-corrected chi connectivity index (χ1v) is 3.91. The summed E-state index contributed by atoms with van der Waals surface area (Å²) in [5, 5.41) is 8.64. The molecular weight excluding hydrogens is 219 g/mol. The van der Waals surface area contributed by atoms with Crippen molar-refractivity contribution in [3.8, 4) is 0 Å². The average Bonchev–Trinajstić information content (AvgIpc) is 1.66. The summed E-state index contributed by atoms with van der Waals surface area (Å²) in [6, 6.07) is 0. The maximum absolute atomic E-state index is 8.64. The third-order valence-corrected chi connectivity index (χ3v) is 0.963. The van der Waals surface area contributed by atoms with Gasteiger partial charge in [-0.2, -0.15) is 0 Å². The molecule has 0 radical (unpaired) electrons. The molecule has 50 valence electrons. The zero-order chi connectivity index (χ0) is 6.41. The number of halogens is 1. The summed E-state index contributed by atoms with van der Waals surface area (Å²) >= 11 is 1.91. The zero-order valence-corrected chi connectivity index (χ0v) is 7.09. The van der Waals surface area contributed by atoms with Crippen molar-refractivity contribution >= 4 is 22.6 Å². The molecule has 3 heteroatoms. The minimum atomic E-state index is -0.348. The van der Waals surface area contributed by atoms with Crippen molar-refractivity contribution in [3.63, 3.8) is 0 Å². The molecule has 2 nitrogen and oxygen atoms in total. The fourth-order valence-electron chi connectivity index (χ4n) is 0.325. The van der Waals surface area contributed by atoms with Gasteiger partial charge in [-0.05, 0) is 29.0 Å². The van der Waals surface area contributed by atoms with Crippen LogP contribution < -0.4 is 0 Å². The molecule has 0 aromatic rings. The highest BCUT2D eigenvalue weighted by Crippen LogP contribution is 1.94. The lowest BCUT2D eigenvalue weighted by Gasteiger charge is -2.01. The van der Waals surface area contributed by atoms with Gasteiger partial charge >= 0.3 is 0 Å². The molecule has 0 saturated carbocycles. The van der Waals surface area contributed by atoms with E-state index in [4.69, 9.17) is 9.84 Å². The van der Waals surface area contributed by atoms with Crippen LogP contribution in [0.15, 0.2) is 0 Å². The van der Waals surface area contributed by atoms with Crippen molar-refractivity contribution < 1.29 is 9.84 Å². The summed E-state index contributed by atoms with van der Waals surface area (Å²) in [6.45, 7) is 3.24. The van der Waals surface area contributed by atoms with E-state index < -0.39 is 0 Å². The summed E-state index contributed by atoms with van der Waals surface area (Å²) in [5.41, 5.74) is 0. The Bertz CT molecular complexity index is 47.7. The van der Waals surface area contributed by atoms with Crippen molar-refractivity contribution in [3.05, 3.63) is 0 Å². The molecule has 0 heterocycles. The first-order valence-electron chi connectivity index (χ1n) is 2.67. The molecule has 0 amide bonds. The molecule has 0 fully saturated rings. The van der Waals surface area contributed by atoms with Crippen molar-refractivity contribution in [2.45, 2.75) is 17.5 Å². The summed E-state index contributed by atoms with van der Waals surface area (Å²) in [5.74, 6) is 0. The molecule has 0 rings (SSSR count). The molecule has 1 N–H and O–H groups in total. The summed E-state index contributed by atoms with van der Waals surface area (Å²) in [7, 11) is 0. The molecule has 8 heavy (non-hydrogen) atoms. The standard InChI is InChI=1S/C5H11IO2/c1-2-3-8-4-5(6)7/h5,7H,2-4H2,1H3. The van der Waals surface area contributed by atoms with E-state index in [9.17, 15) is 0 Å². The van der Waals surface area contributed by atoms with Crippen molar-refractivity contribution in [2.75, 3.05) is 13.2 Å². The summed E-state index contributed by atoms with van der Waals surface area (Å²) < 4.78 is 4.64. The van der Waals surface area contributed by atoms with Crippen molar-refractivity contribution in [1.82, 2.24) is 0 Å². The summed E-state index contributed by atoms with van der Waals surface area (Å²) in [4.78, 5) is 0. The second-order valence-electron chi connectivity index (χ2n) is 1.51. The minimum Gasteiger partial charge on any atom is -0.380 e. The fourth-order valence-corrected chi connectivity index (χ4v) is 0.579. The normalized spacial score (nSPS) is 13.9. The number of aliphatic hydroxyl groups is 1. The van der Waals surface area contributed by atoms with E-state index in [2.05, 4.69) is 0 Å². The molecule has 0 aliphatic rings. The van der Waals surface area contributed by atoms with E-state index in [-0.39, 0.29) is 4.11 Å². The second kappa shape index (κ2) is 5.78. The Morgan fingerprint density at radius 1 is 1.75 bits per heavy atom. The zero-order valence-electron chi connectivity index (χ0n) is 4.93. The Labute approximate surface area is 63.4 Å². The van der Waals surface area contributed by atoms with Crippen LogP contribution in [0.4, 0.5) is 0 Å². The highest BCUT2D eigenvalue weighted by atomic mass is 127. The molecule has 0 aromatic carbocycles. The minimum absolute atomic E-state index is 0.348. The predicted octanol–water partition coefficient (Wildman–Crippen LogP) is 1.17. The third kappa shape index (κ3) is 6.65. The van der Waals surface area contributed by atoms with Crippen LogP contribution in [0.5, 0.6) is 0 Å². The second-order valence-corrected chi connectivity index (χ2v) is 2.95. The highest BCUT2D eigenvalue weighted by Gasteiger charge is 1.93. The van der Waals surface area contributed by atoms with Gasteiger partial charge in [0, 0.05) is 6.61 Å². The maximum atomic E-state index is 8.64. The van der Waals surface area contributed by atoms with Crippen molar-refractivity contribution in [2.24, 2.45) is 0 Å². The van der Waals surface area contributed by atoms with Gasteiger partial charge in [0.05, 0.1) is 6.61 Å². The number of aliphatic hydroxyl groups excluding tert-OH is 1. The van der Waals surface area contributed by atoms with E-state index >= 15 is 0 Å². The van der Waals surface area contributed by atoms with Gasteiger partial charge in [0.1, 0.15) is 4.11 Å². The Balaban J connectivity index is 2.72. The van der Waals surface area contributed by atoms with Crippen LogP contribution in [0.25, 0.3) is 0 Å². The number of alkyl halides is 1. The number of ether oxygens (including phenoxy) is 1. The van der Waals surface area contributed by atoms with E-state index in [0.29, 0.717) is 6.61 Å². The maximum Gasteiger partial charge on any atom is 0.128 e. The Hall–Kier alpha value is 0.650. The van der Waals surface area contributed by atoms with Gasteiger partial charge in [0.15, 0.2) is 0 Å². The van der Waals surface area contributed by atoms with E-state index in [1.54, 1.807) is 0 Å². The van der Waals surface area contributed by atoms with Gasteiger partial charge in [-0.25, -0.2) is 0 Å². The monoisotopic (exact) mass is 230 g/mol. The van der Waals surface area contributed by atoms with Crippen LogP contribution in [0.2, 0.25) is 0 Å². The largest absolute Gasteiger partial charge is 0.380 e. The molecule has 0 saturated heterocycles. The Morgan fingerprint density at radius 3 is 2.75 bits per heavy atom. The van der Waals surface area contributed by atoms with Gasteiger partial charge in [-0.1, -0.05) is 6.92 Å². The molecule has 0 bridgehead atoms. The van der Waals surface area contributed by atoms with Gasteiger partial charge in [0.2, 0.25) is 0 Å². The summed E-state index contributed by atoms with van der Waals surface area (Å²) in [6.07, 6.45) is 1.02. The number of hydrogen-bond acceptors (Lipinski definition) is 2. The fraction of sp³-hybridized carbons (Fsp3) is 1.00. The topological polar surface area (TPSA) is 29.5 Å². The van der Waals surface area contributed by atoms with Crippen LogP contribution >= 0.6 is 22.6 Å². The molecule has 1 unspecified atom stereocenters. The van der Waals surface area contributed by atoms with Crippen LogP contribution in [-0.4, -0.2) is 22.4 Å². The quantitative estimate of drug-likeness (QED) is 0.446. The molecule has 0 aromatic heterocycles. The van der Waals surface area contributed by atoms with Gasteiger partial charge in [-0.3, -0.25) is 0 Å². The van der Waals surface area contributed by atoms with Gasteiger partial charge in [-0.15, -0.1) is 0 Å². The predicted molar refractivity (Wildman–Crippen MR) is 41.1 cm³/mol. The Morgan fingerprint density at radius 2 is 2.38 bits per heavy atom. The average molecular weight is 230 g/mol. The van der Waals surface area contributed by atoms with E-state index in [0.717, 1.165) is 13.0 Å². The first kappa shape index (κ1) is 8.65. The van der Waals surface area contributed by atoms with Crippen LogP contribution in [-0.2, 0) is 4.74 Å². The van der Waals surface area contributed by atoms with Crippen LogP contribution in [0.3, 0.4) is 0 Å². The number of hydrogen-bond donors (Lipinski definition) is 1. The molecule has 0 aliphatic heterocycles. The smallest absolute Gasteiger partial charge is 0.128 e. The van der Waals surface area contributed by atoms with Crippen LogP contribution in [0, 0.1) is 0 Å².